The summed E-state index contributed by atoms with van der Waals surface area (Å²) in [7, 11) is 0. The van der Waals surface area contributed by atoms with Crippen LogP contribution in [0, 0.1) is 6.92 Å². The van der Waals surface area contributed by atoms with Crippen LogP contribution in [0.3, 0.4) is 0 Å². The first-order valence-electron chi connectivity index (χ1n) is 8.98. The van der Waals surface area contributed by atoms with Crippen LogP contribution < -0.4 is 15.4 Å². The van der Waals surface area contributed by atoms with Gasteiger partial charge >= 0.3 is 5.97 Å². The molecule has 0 spiro atoms. The second-order valence-electron chi connectivity index (χ2n) is 7.38. The van der Waals surface area contributed by atoms with Gasteiger partial charge in [0.2, 0.25) is 5.91 Å². The van der Waals surface area contributed by atoms with Crippen LogP contribution in [0.2, 0.25) is 0 Å². The number of anilines is 1. The second kappa shape index (κ2) is 8.60. The lowest BCUT2D eigenvalue weighted by molar-refractivity contribution is -0.124. The molecule has 1 heterocycles. The number of benzene rings is 1. The van der Waals surface area contributed by atoms with Gasteiger partial charge in [0.05, 0.1) is 11.3 Å². The van der Waals surface area contributed by atoms with E-state index in [4.69, 9.17) is 9.47 Å². The third-order valence-electron chi connectivity index (χ3n) is 3.64. The van der Waals surface area contributed by atoms with E-state index in [-0.39, 0.29) is 30.6 Å². The van der Waals surface area contributed by atoms with Crippen molar-refractivity contribution in [2.45, 2.75) is 47.1 Å². The van der Waals surface area contributed by atoms with E-state index >= 15 is 0 Å². The monoisotopic (exact) mass is 406 g/mol. The Morgan fingerprint density at radius 2 is 1.86 bits per heavy atom. The Labute approximate surface area is 168 Å². The minimum atomic E-state index is -0.516. The molecule has 1 aromatic heterocycles. The summed E-state index contributed by atoms with van der Waals surface area (Å²) in [6.07, 6.45) is 0. The summed E-state index contributed by atoms with van der Waals surface area (Å²) in [5.41, 5.74) is 0.753. The molecule has 2 N–H and O–H groups in total. The predicted molar refractivity (Wildman–Crippen MR) is 110 cm³/mol. The number of amides is 2. The first kappa shape index (κ1) is 21.7. The first-order valence-corrected chi connectivity index (χ1v) is 9.79. The fourth-order valence-corrected chi connectivity index (χ4v) is 3.95. The molecular weight excluding hydrogens is 380 g/mol. The Kier molecular flexibility index (Phi) is 6.66. The number of carbonyl (C=O) groups excluding carboxylic acids is 3. The summed E-state index contributed by atoms with van der Waals surface area (Å²) in [6, 6.07) is 3.60. The second-order valence-corrected chi connectivity index (χ2v) is 8.40. The van der Waals surface area contributed by atoms with Crippen LogP contribution in [0.25, 0.3) is 10.1 Å². The molecule has 0 fully saturated rings. The summed E-state index contributed by atoms with van der Waals surface area (Å²) in [4.78, 5) is 36.2. The number of esters is 1. The van der Waals surface area contributed by atoms with Crippen molar-refractivity contribution in [1.29, 1.82) is 0 Å². The van der Waals surface area contributed by atoms with Crippen LogP contribution in [-0.2, 0) is 14.3 Å². The zero-order valence-corrected chi connectivity index (χ0v) is 17.8. The molecule has 2 rings (SSSR count). The van der Waals surface area contributed by atoms with Gasteiger partial charge in [0, 0.05) is 17.8 Å². The number of aryl methyl sites for hydroxylation is 1. The van der Waals surface area contributed by atoms with E-state index in [0.29, 0.717) is 26.4 Å². The first-order chi connectivity index (χ1) is 13.0. The van der Waals surface area contributed by atoms with Gasteiger partial charge in [-0.05, 0) is 40.2 Å². The molecule has 8 heteroatoms. The number of carbonyl (C=O) groups is 3. The Bertz CT molecular complexity index is 911. The number of fused-ring (bicyclic) bond motifs is 1. The Balaban J connectivity index is 2.46. The van der Waals surface area contributed by atoms with Crippen LogP contribution >= 0.6 is 11.3 Å². The van der Waals surface area contributed by atoms with Crippen molar-refractivity contribution in [3.63, 3.8) is 0 Å². The van der Waals surface area contributed by atoms with E-state index in [0.717, 1.165) is 5.56 Å². The minimum absolute atomic E-state index is 0.153. The van der Waals surface area contributed by atoms with E-state index in [9.17, 15) is 14.4 Å². The number of thiophene rings is 1. The molecule has 0 aliphatic heterocycles. The van der Waals surface area contributed by atoms with Gasteiger partial charge in [0.25, 0.3) is 5.91 Å². The van der Waals surface area contributed by atoms with Crippen molar-refractivity contribution >= 4 is 44.2 Å². The largest absolute Gasteiger partial charge is 0.482 e. The lowest BCUT2D eigenvalue weighted by atomic mass is 10.1. The number of hydrogen-bond acceptors (Lipinski definition) is 6. The number of nitrogens with one attached hydrogen (secondary N) is 2. The maximum Gasteiger partial charge on any atom is 0.341 e. The van der Waals surface area contributed by atoms with Crippen LogP contribution in [-0.4, -0.2) is 36.5 Å². The molecule has 28 heavy (non-hydrogen) atoms. The van der Waals surface area contributed by atoms with Gasteiger partial charge in [-0.15, -0.1) is 11.3 Å². The summed E-state index contributed by atoms with van der Waals surface area (Å²) in [5, 5.41) is 6.55. The SMILES string of the molecule is CCOC(=O)c1c(NC(C)=O)sc2c(OCC(=O)NC(C)(C)C)c(C)ccc12. The van der Waals surface area contributed by atoms with E-state index in [1.807, 2.05) is 33.8 Å². The van der Waals surface area contributed by atoms with Crippen molar-refractivity contribution in [3.05, 3.63) is 23.3 Å². The van der Waals surface area contributed by atoms with Crippen molar-refractivity contribution in [1.82, 2.24) is 5.32 Å². The molecule has 0 bridgehead atoms. The fourth-order valence-electron chi connectivity index (χ4n) is 2.66. The van der Waals surface area contributed by atoms with Gasteiger partial charge in [-0.2, -0.15) is 0 Å². The summed E-state index contributed by atoms with van der Waals surface area (Å²) in [6.45, 7) is 10.7. The van der Waals surface area contributed by atoms with Crippen molar-refractivity contribution in [2.75, 3.05) is 18.5 Å². The van der Waals surface area contributed by atoms with Crippen LogP contribution in [0.15, 0.2) is 12.1 Å². The molecule has 0 atom stereocenters. The number of hydrogen-bond donors (Lipinski definition) is 2. The zero-order valence-electron chi connectivity index (χ0n) is 17.0. The quantitative estimate of drug-likeness (QED) is 0.715. The maximum absolute atomic E-state index is 12.5. The van der Waals surface area contributed by atoms with Crippen LogP contribution in [0.5, 0.6) is 5.75 Å². The average molecular weight is 407 g/mol. The fraction of sp³-hybridized carbons (Fsp3) is 0.450. The standard InChI is InChI=1S/C20H26N2O5S/c1-7-26-19(25)15-13-9-8-11(2)16(17(13)28-18(15)21-12(3)23)27-10-14(24)22-20(4,5)6/h8-9H,7,10H2,1-6H3,(H,21,23)(H,22,24). The van der Waals surface area contributed by atoms with E-state index in [1.54, 1.807) is 13.0 Å². The molecule has 152 valence electrons. The van der Waals surface area contributed by atoms with Crippen molar-refractivity contribution in [3.8, 4) is 5.75 Å². The third-order valence-corrected chi connectivity index (χ3v) is 4.76. The number of ether oxygens (including phenoxy) is 2. The van der Waals surface area contributed by atoms with Gasteiger partial charge in [-0.1, -0.05) is 12.1 Å². The van der Waals surface area contributed by atoms with Crippen LogP contribution in [0.4, 0.5) is 5.00 Å². The highest BCUT2D eigenvalue weighted by atomic mass is 32.1. The normalized spacial score (nSPS) is 11.2. The Morgan fingerprint density at radius 3 is 2.43 bits per heavy atom. The highest BCUT2D eigenvalue weighted by Crippen LogP contribution is 2.42. The smallest absolute Gasteiger partial charge is 0.341 e. The highest BCUT2D eigenvalue weighted by Gasteiger charge is 2.24. The van der Waals surface area contributed by atoms with Crippen LogP contribution in [0.1, 0.15) is 50.5 Å². The molecule has 0 aliphatic rings. The molecular formula is C20H26N2O5S. The molecule has 1 aromatic carbocycles. The van der Waals surface area contributed by atoms with Crippen molar-refractivity contribution < 1.29 is 23.9 Å². The van der Waals surface area contributed by atoms with E-state index in [2.05, 4.69) is 10.6 Å². The van der Waals surface area contributed by atoms with Gasteiger partial charge in [0.15, 0.2) is 6.61 Å². The van der Waals surface area contributed by atoms with Gasteiger partial charge in [-0.3, -0.25) is 9.59 Å². The minimum Gasteiger partial charge on any atom is -0.482 e. The Morgan fingerprint density at radius 1 is 1.18 bits per heavy atom. The lowest BCUT2D eigenvalue weighted by Gasteiger charge is -2.20. The van der Waals surface area contributed by atoms with E-state index in [1.165, 1.54) is 18.3 Å². The van der Waals surface area contributed by atoms with Gasteiger partial charge in [-0.25, -0.2) is 4.79 Å². The number of rotatable bonds is 6. The molecule has 0 aliphatic carbocycles. The summed E-state index contributed by atoms with van der Waals surface area (Å²) < 4.78 is 11.6. The topological polar surface area (TPSA) is 93.7 Å². The summed E-state index contributed by atoms with van der Waals surface area (Å²) in [5.74, 6) is -0.541. The molecule has 2 amide bonds. The van der Waals surface area contributed by atoms with Gasteiger partial charge < -0.3 is 20.1 Å². The molecule has 0 saturated carbocycles. The zero-order chi connectivity index (χ0) is 21.1. The Hall–Kier alpha value is -2.61. The molecule has 0 radical (unpaired) electrons. The molecule has 0 unspecified atom stereocenters. The molecule has 2 aromatic rings. The average Bonchev–Trinajstić information content (AvgIpc) is 2.89. The predicted octanol–water partition coefficient (Wildman–Crippen LogP) is 3.64. The third kappa shape index (κ3) is 5.22. The molecule has 7 nitrogen and oxygen atoms in total. The molecule has 0 saturated heterocycles. The summed E-state index contributed by atoms with van der Waals surface area (Å²) >= 11 is 1.22. The lowest BCUT2D eigenvalue weighted by Crippen LogP contribution is -2.43. The van der Waals surface area contributed by atoms with Gasteiger partial charge in [0.1, 0.15) is 16.3 Å². The van der Waals surface area contributed by atoms with E-state index < -0.39 is 5.97 Å². The maximum atomic E-state index is 12.5. The van der Waals surface area contributed by atoms with Crippen molar-refractivity contribution in [2.24, 2.45) is 0 Å². The highest BCUT2D eigenvalue weighted by molar-refractivity contribution is 7.24.